The first-order valence-electron chi connectivity index (χ1n) is 8.32. The Morgan fingerprint density at radius 2 is 2.22 bits per heavy atom. The van der Waals surface area contributed by atoms with Crippen LogP contribution in [0.3, 0.4) is 0 Å². The molecule has 3 fully saturated rings. The molecule has 0 spiro atoms. The van der Waals surface area contributed by atoms with E-state index in [0.29, 0.717) is 19.1 Å². The standard InChI is InChI=1S/C16H23N3O3S/c20-15(21)16-9-18(8-14-5-17-11-23-14)6-12(16)7-19(10-16)13-1-3-22-4-2-13/h5,11-13H,1-4,6-10H2,(H,20,21)/t12-,16-/m0/s1. The van der Waals surface area contributed by atoms with Crippen molar-refractivity contribution < 1.29 is 14.6 Å². The quantitative estimate of drug-likeness (QED) is 0.889. The fourth-order valence-electron chi connectivity index (χ4n) is 4.50. The Morgan fingerprint density at radius 3 is 2.87 bits per heavy atom. The maximum atomic E-state index is 12.1. The van der Waals surface area contributed by atoms with Crippen molar-refractivity contribution in [1.29, 1.82) is 0 Å². The highest BCUT2D eigenvalue weighted by Gasteiger charge is 2.58. The second kappa shape index (κ2) is 6.12. The van der Waals surface area contributed by atoms with Gasteiger partial charge in [0.15, 0.2) is 0 Å². The molecule has 4 heterocycles. The molecular weight excluding hydrogens is 314 g/mol. The first kappa shape index (κ1) is 15.5. The van der Waals surface area contributed by atoms with E-state index in [0.717, 1.165) is 45.7 Å². The summed E-state index contributed by atoms with van der Waals surface area (Å²) in [5.74, 6) is -0.389. The van der Waals surface area contributed by atoms with E-state index in [-0.39, 0.29) is 5.92 Å². The predicted octanol–water partition coefficient (Wildman–Crippen LogP) is 1.14. The van der Waals surface area contributed by atoms with E-state index in [2.05, 4.69) is 14.8 Å². The van der Waals surface area contributed by atoms with Gasteiger partial charge in [0.25, 0.3) is 0 Å². The summed E-state index contributed by atoms with van der Waals surface area (Å²) in [6.45, 7) is 5.59. The number of likely N-dealkylation sites (tertiary alicyclic amines) is 2. The molecule has 3 saturated heterocycles. The SMILES string of the molecule is O=C(O)[C@]12CN(Cc3cncs3)C[C@H]1CN(C1CCOCC1)C2. The molecule has 1 N–H and O–H groups in total. The minimum atomic E-state index is -0.621. The largest absolute Gasteiger partial charge is 0.481 e. The molecule has 2 atom stereocenters. The Morgan fingerprint density at radius 1 is 1.39 bits per heavy atom. The van der Waals surface area contributed by atoms with Crippen LogP contribution in [0.1, 0.15) is 17.7 Å². The minimum Gasteiger partial charge on any atom is -0.481 e. The third kappa shape index (κ3) is 2.80. The van der Waals surface area contributed by atoms with Crippen molar-refractivity contribution in [3.63, 3.8) is 0 Å². The van der Waals surface area contributed by atoms with Gasteiger partial charge in [-0.3, -0.25) is 19.6 Å². The minimum absolute atomic E-state index is 0.232. The molecule has 6 nitrogen and oxygen atoms in total. The van der Waals surface area contributed by atoms with Crippen LogP contribution in [0, 0.1) is 11.3 Å². The number of carboxylic acid groups (broad SMARTS) is 1. The number of hydrogen-bond acceptors (Lipinski definition) is 6. The molecule has 0 bridgehead atoms. The van der Waals surface area contributed by atoms with Crippen LogP contribution in [0.4, 0.5) is 0 Å². The number of carbonyl (C=O) groups is 1. The van der Waals surface area contributed by atoms with Gasteiger partial charge < -0.3 is 9.84 Å². The van der Waals surface area contributed by atoms with Crippen LogP contribution in [0.15, 0.2) is 11.7 Å². The number of aromatic nitrogens is 1. The van der Waals surface area contributed by atoms with Gasteiger partial charge in [0, 0.05) is 69.0 Å². The van der Waals surface area contributed by atoms with Gasteiger partial charge in [-0.25, -0.2) is 0 Å². The summed E-state index contributed by atoms with van der Waals surface area (Å²) in [5.41, 5.74) is 1.25. The van der Waals surface area contributed by atoms with Crippen LogP contribution in [0.25, 0.3) is 0 Å². The summed E-state index contributed by atoms with van der Waals surface area (Å²) in [7, 11) is 0. The zero-order valence-electron chi connectivity index (χ0n) is 13.2. The summed E-state index contributed by atoms with van der Waals surface area (Å²) in [6.07, 6.45) is 3.96. The van der Waals surface area contributed by atoms with E-state index in [9.17, 15) is 9.90 Å². The van der Waals surface area contributed by atoms with E-state index in [1.54, 1.807) is 11.3 Å². The molecule has 0 aromatic carbocycles. The molecule has 0 unspecified atom stereocenters. The third-order valence-corrected chi connectivity index (χ3v) is 6.47. The second-order valence-corrected chi connectivity index (χ2v) is 8.04. The van der Waals surface area contributed by atoms with Crippen molar-refractivity contribution in [3.8, 4) is 0 Å². The fraction of sp³-hybridized carbons (Fsp3) is 0.750. The smallest absolute Gasteiger partial charge is 0.312 e. The second-order valence-electron chi connectivity index (χ2n) is 7.07. The van der Waals surface area contributed by atoms with Gasteiger partial charge in [0.05, 0.1) is 10.9 Å². The molecule has 0 aliphatic carbocycles. The van der Waals surface area contributed by atoms with Crippen molar-refractivity contribution in [3.05, 3.63) is 16.6 Å². The maximum absolute atomic E-state index is 12.1. The lowest BCUT2D eigenvalue weighted by Gasteiger charge is -2.33. The van der Waals surface area contributed by atoms with Crippen molar-refractivity contribution in [2.75, 3.05) is 39.4 Å². The molecule has 1 aromatic heterocycles. The lowest BCUT2D eigenvalue weighted by Crippen LogP contribution is -2.44. The molecule has 0 amide bonds. The zero-order chi connectivity index (χ0) is 15.9. The van der Waals surface area contributed by atoms with Crippen LogP contribution in [-0.2, 0) is 16.1 Å². The van der Waals surface area contributed by atoms with Crippen molar-refractivity contribution in [2.45, 2.75) is 25.4 Å². The number of carboxylic acids is 1. The average molecular weight is 337 g/mol. The van der Waals surface area contributed by atoms with E-state index in [1.165, 1.54) is 4.88 Å². The monoisotopic (exact) mass is 337 g/mol. The number of rotatable bonds is 4. The van der Waals surface area contributed by atoms with E-state index >= 15 is 0 Å². The molecule has 7 heteroatoms. The van der Waals surface area contributed by atoms with Gasteiger partial charge in [-0.1, -0.05) is 0 Å². The Balaban J connectivity index is 1.46. The highest BCUT2D eigenvalue weighted by atomic mass is 32.1. The third-order valence-electron chi connectivity index (χ3n) is 5.70. The number of hydrogen-bond donors (Lipinski definition) is 1. The lowest BCUT2D eigenvalue weighted by molar-refractivity contribution is -0.149. The number of fused-ring (bicyclic) bond motifs is 1. The summed E-state index contributed by atoms with van der Waals surface area (Å²) in [4.78, 5) is 22.1. The molecule has 3 aliphatic heterocycles. The van der Waals surface area contributed by atoms with Crippen LogP contribution in [-0.4, -0.2) is 71.3 Å². The Hall–Kier alpha value is -1.02. The van der Waals surface area contributed by atoms with Crippen molar-refractivity contribution >= 4 is 17.3 Å². The molecule has 0 saturated carbocycles. The van der Waals surface area contributed by atoms with Gasteiger partial charge in [0.2, 0.25) is 0 Å². The first-order chi connectivity index (χ1) is 11.2. The van der Waals surface area contributed by atoms with Crippen molar-refractivity contribution in [1.82, 2.24) is 14.8 Å². The maximum Gasteiger partial charge on any atom is 0.312 e. The van der Waals surface area contributed by atoms with Gasteiger partial charge in [-0.2, -0.15) is 0 Å². The fourth-order valence-corrected chi connectivity index (χ4v) is 5.14. The van der Waals surface area contributed by atoms with Crippen LogP contribution in [0.5, 0.6) is 0 Å². The van der Waals surface area contributed by atoms with Gasteiger partial charge in [-0.15, -0.1) is 11.3 Å². The molecule has 0 radical (unpaired) electrons. The normalized spacial score (nSPS) is 33.1. The van der Waals surface area contributed by atoms with E-state index in [1.807, 2.05) is 11.7 Å². The highest BCUT2D eigenvalue weighted by molar-refractivity contribution is 7.09. The van der Waals surface area contributed by atoms with E-state index in [4.69, 9.17) is 4.74 Å². The highest BCUT2D eigenvalue weighted by Crippen LogP contribution is 2.44. The molecular formula is C16H23N3O3S. The molecule has 1 aromatic rings. The van der Waals surface area contributed by atoms with Crippen molar-refractivity contribution in [2.24, 2.45) is 11.3 Å². The first-order valence-corrected chi connectivity index (χ1v) is 9.20. The number of nitrogens with zero attached hydrogens (tertiary/aromatic N) is 3. The topological polar surface area (TPSA) is 65.9 Å². The van der Waals surface area contributed by atoms with Gasteiger partial charge in [-0.05, 0) is 12.8 Å². The summed E-state index contributed by atoms with van der Waals surface area (Å²) in [6, 6.07) is 0.500. The number of thiazole rings is 1. The number of aliphatic carboxylic acids is 1. The average Bonchev–Trinajstić information content (AvgIpc) is 3.23. The Labute approximate surface area is 140 Å². The summed E-state index contributed by atoms with van der Waals surface area (Å²) in [5, 5.41) is 9.95. The summed E-state index contributed by atoms with van der Waals surface area (Å²) >= 11 is 1.64. The zero-order valence-corrected chi connectivity index (χ0v) is 14.0. The van der Waals surface area contributed by atoms with Gasteiger partial charge >= 0.3 is 5.97 Å². The molecule has 126 valence electrons. The predicted molar refractivity (Wildman–Crippen MR) is 86.4 cm³/mol. The Kier molecular flexibility index (Phi) is 4.13. The molecule has 23 heavy (non-hydrogen) atoms. The van der Waals surface area contributed by atoms with Gasteiger partial charge in [0.1, 0.15) is 0 Å². The van der Waals surface area contributed by atoms with Crippen LogP contribution >= 0.6 is 11.3 Å². The lowest BCUT2D eigenvalue weighted by atomic mass is 9.81. The molecule has 4 rings (SSSR count). The Bertz CT molecular complexity index is 561. The summed E-state index contributed by atoms with van der Waals surface area (Å²) < 4.78 is 5.45. The van der Waals surface area contributed by atoms with Crippen LogP contribution < -0.4 is 0 Å². The van der Waals surface area contributed by atoms with Crippen LogP contribution in [0.2, 0.25) is 0 Å². The number of ether oxygens (including phenoxy) is 1. The molecule has 3 aliphatic rings. The van der Waals surface area contributed by atoms with E-state index < -0.39 is 11.4 Å².